The number of carbonyl (C=O) groups is 1. The molecule has 0 fully saturated rings. The van der Waals surface area contributed by atoms with Crippen LogP contribution in [0.1, 0.15) is 15.9 Å². The Hall–Kier alpha value is -0.600. The normalized spacial score (nSPS) is 10.0. The lowest BCUT2D eigenvalue weighted by molar-refractivity contribution is 0.108. The first-order valence-electron chi connectivity index (χ1n) is 3.18. The molecule has 0 bridgehead atoms. The third-order valence-corrected chi connectivity index (χ3v) is 2.22. The average Bonchev–Trinajstić information content (AvgIpc) is 2.00. The van der Waals surface area contributed by atoms with Gasteiger partial charge in [-0.15, -0.1) is 0 Å². The highest BCUT2D eigenvalue weighted by molar-refractivity contribution is 6.68. The Labute approximate surface area is 79.1 Å². The number of halogens is 3. The standard InChI is InChI=1S/C8H5Cl2FO/c1-4-6(11)3-2-5(7(4)9)8(10)12/h2-3H,1H3. The van der Waals surface area contributed by atoms with Gasteiger partial charge in [0.1, 0.15) is 5.82 Å². The quantitative estimate of drug-likeness (QED) is 0.646. The van der Waals surface area contributed by atoms with Crippen LogP contribution in [0.25, 0.3) is 0 Å². The molecule has 1 nitrogen and oxygen atoms in total. The highest BCUT2D eigenvalue weighted by Crippen LogP contribution is 2.24. The minimum absolute atomic E-state index is 0.0787. The predicted molar refractivity (Wildman–Crippen MR) is 46.3 cm³/mol. The highest BCUT2D eigenvalue weighted by Gasteiger charge is 2.11. The second-order valence-electron chi connectivity index (χ2n) is 2.31. The fourth-order valence-electron chi connectivity index (χ4n) is 0.813. The molecule has 1 rings (SSSR count). The molecule has 0 heterocycles. The van der Waals surface area contributed by atoms with Crippen molar-refractivity contribution >= 4 is 28.4 Å². The van der Waals surface area contributed by atoms with Gasteiger partial charge < -0.3 is 0 Å². The average molecular weight is 207 g/mol. The molecule has 12 heavy (non-hydrogen) atoms. The van der Waals surface area contributed by atoms with E-state index in [1.54, 1.807) is 0 Å². The van der Waals surface area contributed by atoms with Crippen molar-refractivity contribution in [2.75, 3.05) is 0 Å². The minimum atomic E-state index is -0.678. The van der Waals surface area contributed by atoms with Crippen LogP contribution in [0.15, 0.2) is 12.1 Å². The van der Waals surface area contributed by atoms with Gasteiger partial charge >= 0.3 is 0 Å². The molecule has 0 unspecified atom stereocenters. The second-order valence-corrected chi connectivity index (χ2v) is 3.03. The zero-order valence-electron chi connectivity index (χ0n) is 6.20. The molecule has 0 N–H and O–H groups in total. The van der Waals surface area contributed by atoms with Crippen molar-refractivity contribution in [2.45, 2.75) is 6.92 Å². The van der Waals surface area contributed by atoms with E-state index in [2.05, 4.69) is 0 Å². The Kier molecular flexibility index (Phi) is 2.70. The number of rotatable bonds is 1. The van der Waals surface area contributed by atoms with Crippen LogP contribution in [-0.4, -0.2) is 5.24 Å². The summed E-state index contributed by atoms with van der Waals surface area (Å²) in [6.07, 6.45) is 0. The molecule has 0 radical (unpaired) electrons. The largest absolute Gasteiger partial charge is 0.276 e. The van der Waals surface area contributed by atoms with E-state index in [0.717, 1.165) is 6.07 Å². The SMILES string of the molecule is Cc1c(F)ccc(C(=O)Cl)c1Cl. The van der Waals surface area contributed by atoms with E-state index in [0.29, 0.717) is 0 Å². The van der Waals surface area contributed by atoms with Crippen LogP contribution in [-0.2, 0) is 0 Å². The van der Waals surface area contributed by atoms with Crippen LogP contribution in [0.4, 0.5) is 4.39 Å². The number of hydrogen-bond acceptors (Lipinski definition) is 1. The molecule has 0 aliphatic heterocycles. The molecule has 0 saturated heterocycles. The molecule has 1 aromatic carbocycles. The van der Waals surface area contributed by atoms with Gasteiger partial charge in [0.2, 0.25) is 0 Å². The maximum atomic E-state index is 12.8. The molecule has 0 aliphatic rings. The molecular weight excluding hydrogens is 202 g/mol. The van der Waals surface area contributed by atoms with Crippen molar-refractivity contribution in [3.63, 3.8) is 0 Å². The van der Waals surface area contributed by atoms with Crippen molar-refractivity contribution in [3.05, 3.63) is 34.1 Å². The van der Waals surface area contributed by atoms with Crippen molar-refractivity contribution < 1.29 is 9.18 Å². The third-order valence-electron chi connectivity index (χ3n) is 1.53. The molecule has 0 aliphatic carbocycles. The fraction of sp³-hybridized carbons (Fsp3) is 0.125. The molecule has 0 saturated carbocycles. The van der Waals surface area contributed by atoms with Gasteiger partial charge in [0, 0.05) is 5.56 Å². The van der Waals surface area contributed by atoms with Crippen LogP contribution in [0.5, 0.6) is 0 Å². The van der Waals surface area contributed by atoms with Crippen molar-refractivity contribution in [3.8, 4) is 0 Å². The molecule has 64 valence electrons. The highest BCUT2D eigenvalue weighted by atomic mass is 35.5. The maximum absolute atomic E-state index is 12.8. The molecule has 0 spiro atoms. The topological polar surface area (TPSA) is 17.1 Å². The van der Waals surface area contributed by atoms with Gasteiger partial charge in [0.05, 0.1) is 10.6 Å². The molecule has 0 aromatic heterocycles. The van der Waals surface area contributed by atoms with Gasteiger partial charge in [-0.2, -0.15) is 0 Å². The van der Waals surface area contributed by atoms with Crippen molar-refractivity contribution in [2.24, 2.45) is 0 Å². The van der Waals surface area contributed by atoms with E-state index in [9.17, 15) is 9.18 Å². The lowest BCUT2D eigenvalue weighted by Crippen LogP contribution is -1.94. The van der Waals surface area contributed by atoms with Gasteiger partial charge in [-0.3, -0.25) is 4.79 Å². The molecule has 1 aromatic rings. The van der Waals surface area contributed by atoms with Crippen LogP contribution in [0.2, 0.25) is 5.02 Å². The van der Waals surface area contributed by atoms with Gasteiger partial charge in [-0.05, 0) is 30.7 Å². The predicted octanol–water partition coefficient (Wildman–Crippen LogP) is 3.17. The van der Waals surface area contributed by atoms with Crippen LogP contribution < -0.4 is 0 Å². The van der Waals surface area contributed by atoms with Gasteiger partial charge in [-0.1, -0.05) is 11.6 Å². The van der Waals surface area contributed by atoms with Crippen LogP contribution in [0.3, 0.4) is 0 Å². The molecule has 4 heteroatoms. The number of carbonyl (C=O) groups excluding carboxylic acids is 1. The van der Waals surface area contributed by atoms with E-state index in [4.69, 9.17) is 23.2 Å². The Morgan fingerprint density at radius 3 is 2.58 bits per heavy atom. The first-order valence-corrected chi connectivity index (χ1v) is 3.94. The summed E-state index contributed by atoms with van der Waals surface area (Å²) in [7, 11) is 0. The van der Waals surface area contributed by atoms with Crippen LogP contribution >= 0.6 is 23.2 Å². The van der Waals surface area contributed by atoms with E-state index < -0.39 is 11.1 Å². The monoisotopic (exact) mass is 206 g/mol. The summed E-state index contributed by atoms with van der Waals surface area (Å²) in [5.41, 5.74) is 0.375. The Morgan fingerprint density at radius 1 is 1.50 bits per heavy atom. The summed E-state index contributed by atoms with van der Waals surface area (Å²) in [4.78, 5) is 10.7. The van der Waals surface area contributed by atoms with Gasteiger partial charge in [0.25, 0.3) is 5.24 Å². The van der Waals surface area contributed by atoms with E-state index >= 15 is 0 Å². The zero-order chi connectivity index (χ0) is 9.30. The minimum Gasteiger partial charge on any atom is -0.276 e. The lowest BCUT2D eigenvalue weighted by Gasteiger charge is -2.02. The summed E-state index contributed by atoms with van der Waals surface area (Å²) in [5.74, 6) is -0.443. The summed E-state index contributed by atoms with van der Waals surface area (Å²) in [5, 5.41) is -0.599. The number of benzene rings is 1. The second kappa shape index (κ2) is 3.42. The first kappa shape index (κ1) is 9.49. The Morgan fingerprint density at radius 2 is 2.08 bits per heavy atom. The van der Waals surface area contributed by atoms with E-state index in [1.165, 1.54) is 13.0 Å². The summed E-state index contributed by atoms with van der Waals surface area (Å²) >= 11 is 10.8. The van der Waals surface area contributed by atoms with Gasteiger partial charge in [-0.25, -0.2) is 4.39 Å². The molecular formula is C8H5Cl2FO. The Bertz CT molecular complexity index is 336. The van der Waals surface area contributed by atoms with E-state index in [-0.39, 0.29) is 16.1 Å². The van der Waals surface area contributed by atoms with Crippen molar-refractivity contribution in [1.29, 1.82) is 0 Å². The van der Waals surface area contributed by atoms with Gasteiger partial charge in [0.15, 0.2) is 0 Å². The smallest absolute Gasteiger partial charge is 0.253 e. The summed E-state index contributed by atoms with van der Waals surface area (Å²) in [6, 6.07) is 2.43. The summed E-state index contributed by atoms with van der Waals surface area (Å²) < 4.78 is 12.8. The van der Waals surface area contributed by atoms with Crippen molar-refractivity contribution in [1.82, 2.24) is 0 Å². The lowest BCUT2D eigenvalue weighted by atomic mass is 10.1. The Balaban J connectivity index is 3.36. The first-order chi connectivity index (χ1) is 5.54. The maximum Gasteiger partial charge on any atom is 0.253 e. The third kappa shape index (κ3) is 1.59. The molecule has 0 atom stereocenters. The van der Waals surface area contributed by atoms with Crippen LogP contribution in [0, 0.1) is 12.7 Å². The molecule has 0 amide bonds. The number of hydrogen-bond donors (Lipinski definition) is 0. The van der Waals surface area contributed by atoms with E-state index in [1.807, 2.05) is 0 Å². The fourth-order valence-corrected chi connectivity index (χ4v) is 1.26. The summed E-state index contributed by atoms with van der Waals surface area (Å²) in [6.45, 7) is 1.49. The zero-order valence-corrected chi connectivity index (χ0v) is 7.71.